The zero-order valence-electron chi connectivity index (χ0n) is 10.6. The van der Waals surface area contributed by atoms with Gasteiger partial charge >= 0.3 is 6.18 Å². The van der Waals surface area contributed by atoms with Crippen LogP contribution in [0.25, 0.3) is 5.65 Å². The van der Waals surface area contributed by atoms with Crippen LogP contribution in [0, 0.1) is 6.92 Å². The van der Waals surface area contributed by atoms with Crippen LogP contribution in [-0.4, -0.2) is 14.4 Å². The molecule has 3 nitrogen and oxygen atoms in total. The lowest BCUT2D eigenvalue weighted by Gasteiger charge is -2.13. The summed E-state index contributed by atoms with van der Waals surface area (Å²) in [5.74, 6) is 0.280. The molecule has 0 saturated heterocycles. The fourth-order valence-electron chi connectivity index (χ4n) is 1.64. The van der Waals surface area contributed by atoms with E-state index in [0.717, 1.165) is 11.8 Å². The summed E-state index contributed by atoms with van der Waals surface area (Å²) >= 11 is 0. The zero-order chi connectivity index (χ0) is 13.7. The van der Waals surface area contributed by atoms with Crippen molar-refractivity contribution in [1.82, 2.24) is 14.4 Å². The van der Waals surface area contributed by atoms with Crippen LogP contribution in [0.1, 0.15) is 38.0 Å². The highest BCUT2D eigenvalue weighted by atomic mass is 19.4. The van der Waals surface area contributed by atoms with E-state index in [1.165, 1.54) is 6.92 Å². The molecule has 0 saturated carbocycles. The molecule has 6 heteroatoms. The maximum Gasteiger partial charge on any atom is 0.433 e. The third-order valence-corrected chi connectivity index (χ3v) is 2.69. The van der Waals surface area contributed by atoms with Gasteiger partial charge in [0.05, 0.1) is 5.69 Å². The molecule has 0 N–H and O–H groups in total. The summed E-state index contributed by atoms with van der Waals surface area (Å²) in [5.41, 5.74) is -0.0957. The van der Waals surface area contributed by atoms with Gasteiger partial charge in [-0.15, -0.1) is 0 Å². The van der Waals surface area contributed by atoms with Gasteiger partial charge in [-0.25, -0.2) is 9.97 Å². The number of nitrogens with zero attached hydrogens (tertiary/aromatic N) is 3. The molecule has 0 unspecified atom stereocenters. The maximum atomic E-state index is 12.6. The van der Waals surface area contributed by atoms with Gasteiger partial charge in [-0.1, -0.05) is 20.8 Å². The fraction of sp³-hybridized carbons (Fsp3) is 0.500. The molecule has 2 aromatic rings. The number of aromatic nitrogens is 3. The Bertz CT molecular complexity index is 591. The topological polar surface area (TPSA) is 30.2 Å². The van der Waals surface area contributed by atoms with E-state index in [0.29, 0.717) is 0 Å². The van der Waals surface area contributed by atoms with Gasteiger partial charge < -0.3 is 0 Å². The van der Waals surface area contributed by atoms with Gasteiger partial charge in [0.25, 0.3) is 0 Å². The van der Waals surface area contributed by atoms with E-state index in [1.807, 2.05) is 20.8 Å². The lowest BCUT2D eigenvalue weighted by molar-refractivity contribution is -0.141. The van der Waals surface area contributed by atoms with Crippen LogP contribution in [0.4, 0.5) is 13.2 Å². The van der Waals surface area contributed by atoms with Crippen LogP contribution in [0.5, 0.6) is 0 Å². The van der Waals surface area contributed by atoms with E-state index >= 15 is 0 Å². The smallest absolute Gasteiger partial charge is 0.288 e. The number of rotatable bonds is 0. The molecule has 0 radical (unpaired) electrons. The third-order valence-electron chi connectivity index (χ3n) is 2.69. The largest absolute Gasteiger partial charge is 0.433 e. The molecule has 0 aliphatic heterocycles. The van der Waals surface area contributed by atoms with Crippen molar-refractivity contribution >= 4 is 5.65 Å². The minimum atomic E-state index is -4.44. The van der Waals surface area contributed by atoms with Crippen molar-refractivity contribution in [3.63, 3.8) is 0 Å². The van der Waals surface area contributed by atoms with E-state index in [9.17, 15) is 13.2 Å². The van der Waals surface area contributed by atoms with Crippen LogP contribution in [0.15, 0.2) is 12.3 Å². The van der Waals surface area contributed by atoms with Crippen molar-refractivity contribution in [2.24, 2.45) is 0 Å². The average Bonchev–Trinajstić information content (AvgIpc) is 2.59. The number of fused-ring (bicyclic) bond motifs is 1. The molecule has 2 heterocycles. The highest BCUT2D eigenvalue weighted by molar-refractivity contribution is 5.43. The summed E-state index contributed by atoms with van der Waals surface area (Å²) in [6.07, 6.45) is -2.71. The Kier molecular flexibility index (Phi) is 2.64. The number of halogens is 3. The molecule has 0 atom stereocenters. The van der Waals surface area contributed by atoms with Gasteiger partial charge in [-0.2, -0.15) is 13.2 Å². The van der Waals surface area contributed by atoms with Gasteiger partial charge in [-0.3, -0.25) is 4.40 Å². The van der Waals surface area contributed by atoms with Gasteiger partial charge in [0.15, 0.2) is 0 Å². The molecule has 2 rings (SSSR count). The molecule has 0 amide bonds. The predicted molar refractivity (Wildman–Crippen MR) is 61.4 cm³/mol. The van der Waals surface area contributed by atoms with Crippen molar-refractivity contribution in [1.29, 1.82) is 0 Å². The van der Waals surface area contributed by atoms with Crippen LogP contribution in [0.3, 0.4) is 0 Å². The molecule has 98 valence electrons. The van der Waals surface area contributed by atoms with Crippen LogP contribution < -0.4 is 0 Å². The third kappa shape index (κ3) is 2.19. The number of hydrogen-bond donors (Lipinski definition) is 0. The molecule has 0 fully saturated rings. The number of alkyl halides is 3. The number of imidazole rings is 1. The number of aryl methyl sites for hydroxylation is 1. The lowest BCUT2D eigenvalue weighted by Crippen LogP contribution is -2.11. The normalized spacial score (nSPS) is 13.3. The van der Waals surface area contributed by atoms with Crippen molar-refractivity contribution in [2.75, 3.05) is 0 Å². The first-order valence-corrected chi connectivity index (χ1v) is 5.53. The van der Waals surface area contributed by atoms with Crippen molar-refractivity contribution < 1.29 is 13.2 Å². The van der Waals surface area contributed by atoms with Crippen LogP contribution in [0.2, 0.25) is 0 Å². The second-order valence-electron chi connectivity index (χ2n) is 5.29. The summed E-state index contributed by atoms with van der Waals surface area (Å²) in [4.78, 5) is 7.81. The molecule has 0 aliphatic rings. The molecular weight excluding hydrogens is 243 g/mol. The fourth-order valence-corrected chi connectivity index (χ4v) is 1.64. The first kappa shape index (κ1) is 12.9. The second kappa shape index (κ2) is 3.70. The summed E-state index contributed by atoms with van der Waals surface area (Å²) in [5, 5.41) is 0. The van der Waals surface area contributed by atoms with E-state index in [2.05, 4.69) is 9.97 Å². The van der Waals surface area contributed by atoms with Crippen LogP contribution in [-0.2, 0) is 11.6 Å². The van der Waals surface area contributed by atoms with Crippen molar-refractivity contribution in [3.05, 3.63) is 29.5 Å². The Morgan fingerprint density at radius 1 is 1.06 bits per heavy atom. The summed E-state index contributed by atoms with van der Waals surface area (Å²) in [7, 11) is 0. The molecule has 18 heavy (non-hydrogen) atoms. The summed E-state index contributed by atoms with van der Waals surface area (Å²) < 4.78 is 39.5. The van der Waals surface area contributed by atoms with Gasteiger partial charge in [0.1, 0.15) is 17.2 Å². The highest BCUT2D eigenvalue weighted by Crippen LogP contribution is 2.29. The van der Waals surface area contributed by atoms with Gasteiger partial charge in [0, 0.05) is 17.7 Å². The summed E-state index contributed by atoms with van der Waals surface area (Å²) in [6, 6.07) is 0.974. The molecule has 0 aromatic carbocycles. The minimum Gasteiger partial charge on any atom is -0.288 e. The lowest BCUT2D eigenvalue weighted by atomic mass is 9.93. The standard InChI is InChI=1S/C12H14F3N3/c1-7-16-8(12(13,14)15)5-10-17-9(6-18(7)10)11(2,3)4/h5-6H,1-4H3. The number of hydrogen-bond acceptors (Lipinski definition) is 2. The Morgan fingerprint density at radius 3 is 2.17 bits per heavy atom. The first-order chi connectivity index (χ1) is 8.09. The Labute approximate surface area is 103 Å². The zero-order valence-corrected chi connectivity index (χ0v) is 10.6. The highest BCUT2D eigenvalue weighted by Gasteiger charge is 2.33. The summed E-state index contributed by atoms with van der Waals surface area (Å²) in [6.45, 7) is 7.42. The van der Waals surface area contributed by atoms with Gasteiger partial charge in [0.2, 0.25) is 0 Å². The van der Waals surface area contributed by atoms with E-state index in [-0.39, 0.29) is 16.9 Å². The average molecular weight is 257 g/mol. The Hall–Kier alpha value is -1.59. The SMILES string of the molecule is Cc1nc(C(F)(F)F)cc2nc(C(C)(C)C)cn12. The Balaban J connectivity index is 2.67. The predicted octanol–water partition coefficient (Wildman–Crippen LogP) is 3.35. The van der Waals surface area contributed by atoms with Gasteiger partial charge in [-0.05, 0) is 6.92 Å². The van der Waals surface area contributed by atoms with Crippen molar-refractivity contribution in [2.45, 2.75) is 39.3 Å². The molecule has 0 bridgehead atoms. The molecule has 2 aromatic heterocycles. The minimum absolute atomic E-state index is 0.211. The van der Waals surface area contributed by atoms with E-state index in [4.69, 9.17) is 0 Å². The quantitative estimate of drug-likeness (QED) is 0.724. The van der Waals surface area contributed by atoms with Crippen LogP contribution >= 0.6 is 0 Å². The second-order valence-corrected chi connectivity index (χ2v) is 5.29. The first-order valence-electron chi connectivity index (χ1n) is 5.53. The van der Waals surface area contributed by atoms with E-state index < -0.39 is 11.9 Å². The molecular formula is C12H14F3N3. The van der Waals surface area contributed by atoms with Crippen molar-refractivity contribution in [3.8, 4) is 0 Å². The van der Waals surface area contributed by atoms with E-state index in [1.54, 1.807) is 10.6 Å². The molecule has 0 aliphatic carbocycles. The monoisotopic (exact) mass is 257 g/mol. The maximum absolute atomic E-state index is 12.6. The molecule has 0 spiro atoms. The Morgan fingerprint density at radius 2 is 1.67 bits per heavy atom.